The Balaban J connectivity index is 1.72. The Morgan fingerprint density at radius 2 is 1.87 bits per heavy atom. The lowest BCUT2D eigenvalue weighted by Crippen LogP contribution is -2.29. The fraction of sp³-hybridized carbons (Fsp3) is 0.292. The van der Waals surface area contributed by atoms with Gasteiger partial charge in [0.25, 0.3) is 5.91 Å². The zero-order valence-corrected chi connectivity index (χ0v) is 17.5. The summed E-state index contributed by atoms with van der Waals surface area (Å²) in [4.78, 5) is 35.7. The molecule has 0 aliphatic carbocycles. The lowest BCUT2D eigenvalue weighted by molar-refractivity contribution is -0.117. The van der Waals surface area contributed by atoms with Gasteiger partial charge in [0.1, 0.15) is 23.4 Å². The maximum atomic E-state index is 12.8. The fourth-order valence-electron chi connectivity index (χ4n) is 3.29. The van der Waals surface area contributed by atoms with Crippen molar-refractivity contribution < 1.29 is 9.59 Å². The molecule has 0 fully saturated rings. The van der Waals surface area contributed by atoms with E-state index in [0.29, 0.717) is 24.2 Å². The maximum Gasteiger partial charge on any atom is 0.253 e. The van der Waals surface area contributed by atoms with Gasteiger partial charge in [-0.1, -0.05) is 43.2 Å². The molecule has 1 amide bonds. The Morgan fingerprint density at radius 1 is 1.06 bits per heavy atom. The van der Waals surface area contributed by atoms with Crippen molar-refractivity contribution in [3.8, 4) is 17.3 Å². The first kappa shape index (κ1) is 21.9. The standard InChI is InChI=1S/C24H25N5O2/c1-17(30)8-4-2-7-11-21(29-24(31)19-12-13-20(14-25)26-15-19)23-27-16-22(28-23)18-9-5-3-6-10-18/h3,5-6,9-10,12-13,15-16,21H,2,4,7-8,11H2,1H3,(H,27,28)(H,29,31)/t21-/m0/s1. The molecule has 7 nitrogen and oxygen atoms in total. The normalized spacial score (nSPS) is 11.5. The summed E-state index contributed by atoms with van der Waals surface area (Å²) in [6, 6.07) is 14.6. The molecule has 1 aromatic carbocycles. The molecule has 2 heterocycles. The number of nitrogens with one attached hydrogen (secondary N) is 2. The molecule has 0 saturated carbocycles. The Morgan fingerprint density at radius 3 is 2.55 bits per heavy atom. The summed E-state index contributed by atoms with van der Waals surface area (Å²) in [7, 11) is 0. The molecule has 3 rings (SSSR count). The van der Waals surface area contributed by atoms with E-state index in [1.807, 2.05) is 36.4 Å². The monoisotopic (exact) mass is 415 g/mol. The number of imidazole rings is 1. The largest absolute Gasteiger partial charge is 0.342 e. The molecule has 158 valence electrons. The minimum absolute atomic E-state index is 0.191. The van der Waals surface area contributed by atoms with Gasteiger partial charge in [-0.15, -0.1) is 0 Å². The second kappa shape index (κ2) is 10.8. The molecule has 0 bridgehead atoms. The zero-order valence-electron chi connectivity index (χ0n) is 17.5. The highest BCUT2D eigenvalue weighted by Gasteiger charge is 2.19. The predicted octanol–water partition coefficient (Wildman–Crippen LogP) is 4.35. The predicted molar refractivity (Wildman–Crippen MR) is 117 cm³/mol. The van der Waals surface area contributed by atoms with Crippen LogP contribution in [0.4, 0.5) is 0 Å². The van der Waals surface area contributed by atoms with Crippen molar-refractivity contribution in [3.63, 3.8) is 0 Å². The van der Waals surface area contributed by atoms with Gasteiger partial charge >= 0.3 is 0 Å². The molecule has 0 spiro atoms. The number of amides is 1. The second-order valence-electron chi connectivity index (χ2n) is 7.42. The third-order valence-corrected chi connectivity index (χ3v) is 4.98. The summed E-state index contributed by atoms with van der Waals surface area (Å²) in [6.07, 6.45) is 7.02. The highest BCUT2D eigenvalue weighted by Crippen LogP contribution is 2.23. The molecule has 0 saturated heterocycles. The van der Waals surface area contributed by atoms with Gasteiger partial charge in [0.2, 0.25) is 0 Å². The van der Waals surface area contributed by atoms with E-state index in [4.69, 9.17) is 5.26 Å². The van der Waals surface area contributed by atoms with E-state index in [-0.39, 0.29) is 23.4 Å². The van der Waals surface area contributed by atoms with E-state index in [2.05, 4.69) is 20.3 Å². The minimum atomic E-state index is -0.307. The average Bonchev–Trinajstić information content (AvgIpc) is 3.28. The van der Waals surface area contributed by atoms with Crippen molar-refractivity contribution in [2.24, 2.45) is 0 Å². The van der Waals surface area contributed by atoms with Gasteiger partial charge in [0, 0.05) is 12.6 Å². The summed E-state index contributed by atoms with van der Waals surface area (Å²) in [5, 5.41) is 11.9. The van der Waals surface area contributed by atoms with Crippen LogP contribution in [0.5, 0.6) is 0 Å². The first-order valence-corrected chi connectivity index (χ1v) is 10.3. The first-order chi connectivity index (χ1) is 15.1. The van der Waals surface area contributed by atoms with Crippen LogP contribution in [-0.4, -0.2) is 26.6 Å². The molecule has 2 N–H and O–H groups in total. The molecule has 0 unspecified atom stereocenters. The third-order valence-electron chi connectivity index (χ3n) is 4.98. The number of ketones is 1. The highest BCUT2D eigenvalue weighted by atomic mass is 16.1. The number of nitriles is 1. The quantitative estimate of drug-likeness (QED) is 0.478. The molecular formula is C24H25N5O2. The van der Waals surface area contributed by atoms with Crippen molar-refractivity contribution in [2.45, 2.75) is 45.1 Å². The van der Waals surface area contributed by atoms with Crippen molar-refractivity contribution in [1.29, 1.82) is 5.26 Å². The number of unbranched alkanes of at least 4 members (excludes halogenated alkanes) is 2. The lowest BCUT2D eigenvalue weighted by Gasteiger charge is -2.17. The van der Waals surface area contributed by atoms with Crippen LogP contribution in [0.3, 0.4) is 0 Å². The number of nitrogens with zero attached hydrogens (tertiary/aromatic N) is 3. The van der Waals surface area contributed by atoms with E-state index in [0.717, 1.165) is 30.5 Å². The number of Topliss-reactive ketones (excluding diaryl/α,β-unsaturated/α-hetero) is 1. The van der Waals surface area contributed by atoms with Crippen molar-refractivity contribution in [1.82, 2.24) is 20.3 Å². The molecular weight excluding hydrogens is 390 g/mol. The Labute approximate surface area is 181 Å². The molecule has 0 aliphatic rings. The van der Waals surface area contributed by atoms with E-state index in [9.17, 15) is 9.59 Å². The van der Waals surface area contributed by atoms with E-state index >= 15 is 0 Å². The number of hydrogen-bond acceptors (Lipinski definition) is 5. The third kappa shape index (κ3) is 6.34. The molecule has 7 heteroatoms. The van der Waals surface area contributed by atoms with E-state index in [1.54, 1.807) is 19.2 Å². The van der Waals surface area contributed by atoms with Crippen LogP contribution in [0.25, 0.3) is 11.3 Å². The first-order valence-electron chi connectivity index (χ1n) is 10.3. The topological polar surface area (TPSA) is 112 Å². The Bertz CT molecular complexity index is 1050. The molecule has 2 aromatic heterocycles. The van der Waals surface area contributed by atoms with Crippen LogP contribution < -0.4 is 5.32 Å². The Kier molecular flexibility index (Phi) is 7.66. The van der Waals surface area contributed by atoms with Crippen LogP contribution in [0.15, 0.2) is 54.9 Å². The minimum Gasteiger partial charge on any atom is -0.342 e. The summed E-state index contributed by atoms with van der Waals surface area (Å²) in [5.74, 6) is 0.598. The van der Waals surface area contributed by atoms with Crippen molar-refractivity contribution in [3.05, 3.63) is 71.9 Å². The number of aromatic amines is 1. The Hall–Kier alpha value is -3.79. The van der Waals surface area contributed by atoms with E-state index in [1.165, 1.54) is 12.3 Å². The molecule has 3 aromatic rings. The van der Waals surface area contributed by atoms with Crippen molar-refractivity contribution in [2.75, 3.05) is 0 Å². The average molecular weight is 415 g/mol. The van der Waals surface area contributed by atoms with E-state index < -0.39 is 0 Å². The number of carbonyl (C=O) groups is 2. The number of hydrogen-bond donors (Lipinski definition) is 2. The summed E-state index contributed by atoms with van der Waals surface area (Å²) >= 11 is 0. The highest BCUT2D eigenvalue weighted by molar-refractivity contribution is 5.94. The van der Waals surface area contributed by atoms with Gasteiger partial charge in [-0.2, -0.15) is 5.26 Å². The molecule has 0 aliphatic heterocycles. The van der Waals surface area contributed by atoms with Crippen LogP contribution in [0.2, 0.25) is 0 Å². The van der Waals surface area contributed by atoms with Crippen LogP contribution in [-0.2, 0) is 4.79 Å². The smallest absolute Gasteiger partial charge is 0.253 e. The van der Waals surface area contributed by atoms with Gasteiger partial charge < -0.3 is 15.1 Å². The molecule has 1 atom stereocenters. The van der Waals surface area contributed by atoms with Crippen LogP contribution >= 0.6 is 0 Å². The number of carbonyl (C=O) groups excluding carboxylic acids is 2. The van der Waals surface area contributed by atoms with Crippen LogP contribution in [0.1, 0.15) is 66.9 Å². The second-order valence-corrected chi connectivity index (χ2v) is 7.42. The molecule has 0 radical (unpaired) electrons. The van der Waals surface area contributed by atoms with Gasteiger partial charge in [-0.05, 0) is 37.5 Å². The lowest BCUT2D eigenvalue weighted by atomic mass is 10.0. The molecule has 31 heavy (non-hydrogen) atoms. The van der Waals surface area contributed by atoms with Gasteiger partial charge in [0.05, 0.1) is 23.5 Å². The van der Waals surface area contributed by atoms with Gasteiger partial charge in [-0.25, -0.2) is 9.97 Å². The maximum absolute atomic E-state index is 12.8. The fourth-order valence-corrected chi connectivity index (χ4v) is 3.29. The zero-order chi connectivity index (χ0) is 22.1. The number of pyridine rings is 1. The van der Waals surface area contributed by atoms with Gasteiger partial charge in [0.15, 0.2) is 0 Å². The summed E-state index contributed by atoms with van der Waals surface area (Å²) in [5.41, 5.74) is 2.54. The SMILES string of the molecule is CC(=O)CCCCC[C@H](NC(=O)c1ccc(C#N)nc1)c1ncc(-c2ccccc2)[nH]1. The summed E-state index contributed by atoms with van der Waals surface area (Å²) in [6.45, 7) is 1.60. The van der Waals surface area contributed by atoms with Crippen molar-refractivity contribution >= 4 is 11.7 Å². The number of aromatic nitrogens is 3. The number of benzene rings is 1. The van der Waals surface area contributed by atoms with Gasteiger partial charge in [-0.3, -0.25) is 4.79 Å². The van der Waals surface area contributed by atoms with Crippen LogP contribution in [0, 0.1) is 11.3 Å². The summed E-state index contributed by atoms with van der Waals surface area (Å²) < 4.78 is 0. The number of H-pyrrole nitrogens is 1. The number of rotatable bonds is 10.